The van der Waals surface area contributed by atoms with E-state index in [4.69, 9.17) is 0 Å². The predicted molar refractivity (Wildman–Crippen MR) is 133 cm³/mol. The second-order valence-electron chi connectivity index (χ2n) is 7.83. The largest absolute Gasteiger partial charge is 0.338 e. The van der Waals surface area contributed by atoms with Gasteiger partial charge in [-0.15, -0.1) is 0 Å². The Morgan fingerprint density at radius 3 is 1.61 bits per heavy atom. The Morgan fingerprint density at radius 1 is 0.710 bits per heavy atom. The van der Waals surface area contributed by atoms with Gasteiger partial charge in [0.25, 0.3) is 0 Å². The Morgan fingerprint density at radius 2 is 1.16 bits per heavy atom. The predicted octanol–water partition coefficient (Wildman–Crippen LogP) is 6.76. The van der Waals surface area contributed by atoms with Crippen LogP contribution in [0.1, 0.15) is 19.3 Å². The molecule has 0 bridgehead atoms. The number of hydrogen-bond donors (Lipinski definition) is 0. The first-order valence-corrected chi connectivity index (χ1v) is 12.1. The topological polar surface area (TPSA) is 23.6 Å². The van der Waals surface area contributed by atoms with Gasteiger partial charge in [-0.3, -0.25) is 4.79 Å². The summed E-state index contributed by atoms with van der Waals surface area (Å²) in [5, 5.41) is 2.31. The highest BCUT2D eigenvalue weighted by molar-refractivity contribution is 8.04. The van der Waals surface area contributed by atoms with Crippen molar-refractivity contribution in [3.05, 3.63) is 94.0 Å². The third kappa shape index (κ3) is 3.88. The van der Waals surface area contributed by atoms with Crippen LogP contribution < -0.4 is 9.80 Å². The highest BCUT2D eigenvalue weighted by Crippen LogP contribution is 2.45. The minimum Gasteiger partial charge on any atom is -0.338 e. The molecule has 0 aromatic heterocycles. The van der Waals surface area contributed by atoms with E-state index in [-0.39, 0.29) is 5.78 Å². The van der Waals surface area contributed by atoms with Crippen molar-refractivity contribution >= 4 is 40.7 Å². The van der Waals surface area contributed by atoms with Crippen LogP contribution in [0.2, 0.25) is 0 Å². The van der Waals surface area contributed by atoms with Crippen molar-refractivity contribution in [3.8, 4) is 0 Å². The number of carbonyl (C=O) groups excluding carboxylic acids is 1. The molecule has 0 amide bonds. The van der Waals surface area contributed by atoms with Crippen molar-refractivity contribution < 1.29 is 4.79 Å². The molecule has 31 heavy (non-hydrogen) atoms. The van der Waals surface area contributed by atoms with E-state index in [0.29, 0.717) is 0 Å². The van der Waals surface area contributed by atoms with Crippen molar-refractivity contribution in [1.29, 1.82) is 0 Å². The number of Topliss-reactive ketones (excluding diaryl/α,β-unsaturated/α-hetero) is 1. The summed E-state index contributed by atoms with van der Waals surface area (Å²) in [7, 11) is 4.16. The monoisotopic (exact) mass is 444 g/mol. The fourth-order valence-corrected chi connectivity index (χ4v) is 6.20. The molecule has 5 rings (SSSR count). The van der Waals surface area contributed by atoms with Gasteiger partial charge in [0, 0.05) is 23.9 Å². The summed E-state index contributed by atoms with van der Waals surface area (Å²) >= 11 is 3.51. The van der Waals surface area contributed by atoms with Crippen LogP contribution in [0, 0.1) is 0 Å². The SMILES string of the molecule is CN1/C(=C/C=C2\CCC/C(=C\C=C3/Sc4ccccc4N3C)C2=O)Sc2ccccc21. The fraction of sp³-hybridized carbons (Fsp3) is 0.192. The van der Waals surface area contributed by atoms with E-state index in [1.165, 1.54) is 21.2 Å². The molecule has 0 saturated heterocycles. The first-order chi connectivity index (χ1) is 15.1. The lowest BCUT2D eigenvalue weighted by atomic mass is 9.88. The number of hydrogen-bond acceptors (Lipinski definition) is 5. The van der Waals surface area contributed by atoms with Crippen LogP contribution >= 0.6 is 23.5 Å². The standard InChI is InChI=1S/C26H24N2OS2/c1-27-20-10-3-5-12-22(20)30-24(27)16-14-18-8-7-9-19(26(18)29)15-17-25-28(2)21-11-4-6-13-23(21)31-25/h3-6,10-17H,7-9H2,1-2H3/b18-14+,19-15+,24-16-,25-17-. The molecule has 2 aromatic carbocycles. The van der Waals surface area contributed by atoms with Gasteiger partial charge >= 0.3 is 0 Å². The number of carbonyl (C=O) groups is 1. The van der Waals surface area contributed by atoms with E-state index in [9.17, 15) is 4.79 Å². The van der Waals surface area contributed by atoms with E-state index >= 15 is 0 Å². The Hall–Kier alpha value is -2.63. The number of para-hydroxylation sites is 2. The molecule has 0 atom stereocenters. The molecular weight excluding hydrogens is 420 g/mol. The minimum atomic E-state index is 0.186. The molecule has 2 aliphatic heterocycles. The molecular formula is C26H24N2OS2. The van der Waals surface area contributed by atoms with Crippen molar-refractivity contribution in [1.82, 2.24) is 0 Å². The number of fused-ring (bicyclic) bond motifs is 2. The molecule has 2 heterocycles. The number of anilines is 2. The van der Waals surface area contributed by atoms with Gasteiger partial charge in [-0.1, -0.05) is 59.9 Å². The van der Waals surface area contributed by atoms with Crippen LogP contribution in [0.5, 0.6) is 0 Å². The summed E-state index contributed by atoms with van der Waals surface area (Å²) in [6.45, 7) is 0. The third-order valence-electron chi connectivity index (χ3n) is 5.87. The molecule has 1 aliphatic carbocycles. The zero-order valence-electron chi connectivity index (χ0n) is 17.7. The third-order valence-corrected chi connectivity index (χ3v) is 8.24. The Kier molecular flexibility index (Phi) is 5.55. The number of ketones is 1. The molecule has 156 valence electrons. The second kappa shape index (κ2) is 8.48. The summed E-state index contributed by atoms with van der Waals surface area (Å²) < 4.78 is 0. The first kappa shape index (κ1) is 20.3. The smallest absolute Gasteiger partial charge is 0.184 e. The van der Waals surface area contributed by atoms with Crippen molar-refractivity contribution in [3.63, 3.8) is 0 Å². The lowest BCUT2D eigenvalue weighted by Gasteiger charge is -2.17. The van der Waals surface area contributed by atoms with Gasteiger partial charge in [0.1, 0.15) is 0 Å². The van der Waals surface area contributed by atoms with Crippen LogP contribution in [-0.4, -0.2) is 19.9 Å². The van der Waals surface area contributed by atoms with Crippen LogP contribution in [0.15, 0.2) is 104 Å². The van der Waals surface area contributed by atoms with E-state index in [0.717, 1.165) is 40.5 Å². The molecule has 0 spiro atoms. The normalized spacial score (nSPS) is 23.4. The molecule has 1 fully saturated rings. The van der Waals surface area contributed by atoms with Crippen LogP contribution in [0.25, 0.3) is 0 Å². The average Bonchev–Trinajstić information content (AvgIpc) is 3.29. The molecule has 3 aliphatic rings. The summed E-state index contributed by atoms with van der Waals surface area (Å²) in [6, 6.07) is 16.8. The molecule has 0 unspecified atom stereocenters. The highest BCUT2D eigenvalue weighted by Gasteiger charge is 2.24. The van der Waals surface area contributed by atoms with Crippen LogP contribution in [0.3, 0.4) is 0 Å². The van der Waals surface area contributed by atoms with Gasteiger partial charge in [-0.05, 0) is 66.8 Å². The van der Waals surface area contributed by atoms with Gasteiger partial charge in [-0.25, -0.2) is 0 Å². The summed E-state index contributed by atoms with van der Waals surface area (Å²) in [5.74, 6) is 0.186. The van der Waals surface area contributed by atoms with Crippen molar-refractivity contribution in [2.75, 3.05) is 23.9 Å². The first-order valence-electron chi connectivity index (χ1n) is 10.5. The van der Waals surface area contributed by atoms with Crippen molar-refractivity contribution in [2.24, 2.45) is 0 Å². The number of nitrogens with zero attached hydrogens (tertiary/aromatic N) is 2. The maximum Gasteiger partial charge on any atom is 0.184 e. The Labute approximate surface area is 192 Å². The number of rotatable bonds is 2. The summed E-state index contributed by atoms with van der Waals surface area (Å²) in [6.07, 6.45) is 10.9. The fourth-order valence-electron chi connectivity index (χ4n) is 4.10. The van der Waals surface area contributed by atoms with Gasteiger partial charge in [0.2, 0.25) is 0 Å². The van der Waals surface area contributed by atoms with Gasteiger partial charge in [-0.2, -0.15) is 0 Å². The maximum absolute atomic E-state index is 13.1. The summed E-state index contributed by atoms with van der Waals surface area (Å²) in [5.41, 5.74) is 4.25. The zero-order valence-corrected chi connectivity index (χ0v) is 19.3. The molecule has 1 saturated carbocycles. The average molecular weight is 445 g/mol. The molecule has 0 radical (unpaired) electrons. The van der Waals surface area contributed by atoms with Crippen LogP contribution in [-0.2, 0) is 4.79 Å². The zero-order chi connectivity index (χ0) is 21.4. The maximum atomic E-state index is 13.1. The molecule has 5 heteroatoms. The Balaban J connectivity index is 1.34. The van der Waals surface area contributed by atoms with E-state index in [1.807, 2.05) is 12.2 Å². The second-order valence-corrected chi connectivity index (χ2v) is 9.96. The number of thioether (sulfide) groups is 2. The highest BCUT2D eigenvalue weighted by atomic mass is 32.2. The number of allylic oxidation sites excluding steroid dienone is 6. The quantitative estimate of drug-likeness (QED) is 0.476. The molecule has 2 aromatic rings. The molecule has 0 N–H and O–H groups in total. The van der Waals surface area contributed by atoms with E-state index in [1.54, 1.807) is 23.5 Å². The van der Waals surface area contributed by atoms with E-state index < -0.39 is 0 Å². The van der Waals surface area contributed by atoms with E-state index in [2.05, 4.69) is 84.6 Å². The lowest BCUT2D eigenvalue weighted by molar-refractivity contribution is -0.113. The van der Waals surface area contributed by atoms with Gasteiger partial charge in [0.05, 0.1) is 21.4 Å². The minimum absolute atomic E-state index is 0.186. The Bertz CT molecular complexity index is 1090. The van der Waals surface area contributed by atoms with Gasteiger partial charge < -0.3 is 9.80 Å². The summed E-state index contributed by atoms with van der Waals surface area (Å²) in [4.78, 5) is 20.0. The molecule has 3 nitrogen and oxygen atoms in total. The lowest BCUT2D eigenvalue weighted by Crippen LogP contribution is -2.13. The van der Waals surface area contributed by atoms with Crippen molar-refractivity contribution in [2.45, 2.75) is 29.1 Å². The number of benzene rings is 2. The van der Waals surface area contributed by atoms with Crippen LogP contribution in [0.4, 0.5) is 11.4 Å². The van der Waals surface area contributed by atoms with Gasteiger partial charge in [0.15, 0.2) is 5.78 Å².